The van der Waals surface area contributed by atoms with E-state index in [1.54, 1.807) is 53.8 Å². The highest BCUT2D eigenvalue weighted by Gasteiger charge is 2.38. The summed E-state index contributed by atoms with van der Waals surface area (Å²) < 4.78 is 38.3. The number of ketones is 1. The molecule has 0 saturated carbocycles. The molecule has 0 fully saturated rings. The first kappa shape index (κ1) is 24.8. The SMILES string of the molecule is Cc1ccc(C(=O)c2nn(-c3ccc(Cl)cc3)c(NCCCNC(=O)C(F)(F)F)c2C#N)cc1. The summed E-state index contributed by atoms with van der Waals surface area (Å²) in [6.07, 6.45) is -4.83. The van der Waals surface area contributed by atoms with Gasteiger partial charge in [0.05, 0.1) is 5.69 Å². The van der Waals surface area contributed by atoms with E-state index in [1.165, 1.54) is 4.68 Å². The molecule has 1 aromatic heterocycles. The molecule has 0 bridgehead atoms. The molecule has 11 heteroatoms. The first-order valence-electron chi connectivity index (χ1n) is 10.1. The minimum Gasteiger partial charge on any atom is -0.369 e. The van der Waals surface area contributed by atoms with Crippen molar-refractivity contribution < 1.29 is 22.8 Å². The number of nitrogens with zero attached hydrogens (tertiary/aromatic N) is 3. The molecule has 34 heavy (non-hydrogen) atoms. The first-order valence-corrected chi connectivity index (χ1v) is 10.5. The lowest BCUT2D eigenvalue weighted by molar-refractivity contribution is -0.173. The molecule has 0 spiro atoms. The van der Waals surface area contributed by atoms with Crippen LogP contribution in [-0.2, 0) is 4.79 Å². The Morgan fingerprint density at radius 1 is 1.09 bits per heavy atom. The topological polar surface area (TPSA) is 99.8 Å². The molecule has 3 rings (SSSR count). The predicted octanol–water partition coefficient (Wildman–Crippen LogP) is 4.42. The van der Waals surface area contributed by atoms with Gasteiger partial charge in [-0.25, -0.2) is 4.68 Å². The van der Waals surface area contributed by atoms with Crippen molar-refractivity contribution in [2.24, 2.45) is 0 Å². The number of benzene rings is 2. The van der Waals surface area contributed by atoms with Crippen molar-refractivity contribution in [2.45, 2.75) is 19.5 Å². The third-order valence-corrected chi connectivity index (χ3v) is 5.04. The van der Waals surface area contributed by atoms with E-state index in [2.05, 4.69) is 10.4 Å². The molecule has 0 saturated heterocycles. The molecule has 2 aromatic carbocycles. The van der Waals surface area contributed by atoms with E-state index in [0.717, 1.165) is 5.56 Å². The average Bonchev–Trinajstić information content (AvgIpc) is 3.17. The van der Waals surface area contributed by atoms with Crippen molar-refractivity contribution >= 4 is 29.1 Å². The van der Waals surface area contributed by atoms with E-state index in [-0.39, 0.29) is 36.6 Å². The minimum absolute atomic E-state index is 0.0140. The van der Waals surface area contributed by atoms with Crippen LogP contribution < -0.4 is 10.6 Å². The average molecular weight is 490 g/mol. The van der Waals surface area contributed by atoms with Crippen LogP contribution in [0, 0.1) is 18.3 Å². The van der Waals surface area contributed by atoms with Crippen LogP contribution in [0.2, 0.25) is 5.02 Å². The van der Waals surface area contributed by atoms with Gasteiger partial charge in [0.25, 0.3) is 0 Å². The van der Waals surface area contributed by atoms with Gasteiger partial charge in [-0.1, -0.05) is 41.4 Å². The van der Waals surface area contributed by atoms with E-state index in [4.69, 9.17) is 11.6 Å². The fourth-order valence-electron chi connectivity index (χ4n) is 3.05. The maximum absolute atomic E-state index is 13.1. The fraction of sp³-hybridized carbons (Fsp3) is 0.217. The maximum atomic E-state index is 13.1. The predicted molar refractivity (Wildman–Crippen MR) is 120 cm³/mol. The van der Waals surface area contributed by atoms with Crippen molar-refractivity contribution in [1.82, 2.24) is 15.1 Å². The Bertz CT molecular complexity index is 1230. The number of carbonyl (C=O) groups is 2. The van der Waals surface area contributed by atoms with Crippen LogP contribution in [-0.4, -0.2) is 40.7 Å². The van der Waals surface area contributed by atoms with Crippen LogP contribution in [0.3, 0.4) is 0 Å². The number of carbonyl (C=O) groups excluding carboxylic acids is 2. The fourth-order valence-corrected chi connectivity index (χ4v) is 3.18. The maximum Gasteiger partial charge on any atom is 0.471 e. The quantitative estimate of drug-likeness (QED) is 0.360. The van der Waals surface area contributed by atoms with Crippen molar-refractivity contribution in [3.05, 3.63) is 75.9 Å². The number of amides is 1. The standard InChI is InChI=1S/C23H19ClF3N5O2/c1-14-3-5-15(6-4-14)20(33)19-18(13-28)21(29-11-2-12-30-22(34)23(25,26)27)32(31-19)17-9-7-16(24)8-10-17/h3-10,29H,2,11-12H2,1H3,(H,30,34). The number of hydrogen-bond acceptors (Lipinski definition) is 5. The molecule has 0 radical (unpaired) electrons. The van der Waals surface area contributed by atoms with Crippen LogP contribution in [0.15, 0.2) is 48.5 Å². The second-order valence-corrected chi connectivity index (χ2v) is 7.74. The van der Waals surface area contributed by atoms with Crippen LogP contribution in [0.25, 0.3) is 5.69 Å². The molecule has 0 atom stereocenters. The number of anilines is 1. The summed E-state index contributed by atoms with van der Waals surface area (Å²) >= 11 is 5.96. The normalized spacial score (nSPS) is 11.1. The number of rotatable bonds is 8. The molecule has 1 heterocycles. The molecule has 0 aliphatic rings. The van der Waals surface area contributed by atoms with Gasteiger partial charge >= 0.3 is 12.1 Å². The Morgan fingerprint density at radius 3 is 2.32 bits per heavy atom. The number of aryl methyl sites for hydroxylation is 1. The summed E-state index contributed by atoms with van der Waals surface area (Å²) in [4.78, 5) is 24.0. The third kappa shape index (κ3) is 5.74. The van der Waals surface area contributed by atoms with Gasteiger partial charge in [0, 0.05) is 23.7 Å². The molecule has 0 aliphatic carbocycles. The zero-order valence-corrected chi connectivity index (χ0v) is 18.7. The number of halogens is 4. The molecule has 3 aromatic rings. The van der Waals surface area contributed by atoms with Gasteiger partial charge in [-0.15, -0.1) is 0 Å². The van der Waals surface area contributed by atoms with Crippen molar-refractivity contribution in [1.29, 1.82) is 5.26 Å². The Hall–Kier alpha value is -3.84. The summed E-state index contributed by atoms with van der Waals surface area (Å²) in [5, 5.41) is 19.4. The van der Waals surface area contributed by atoms with Crippen LogP contribution in [0.5, 0.6) is 0 Å². The number of alkyl halides is 3. The Labute approximate surface area is 198 Å². The summed E-state index contributed by atoms with van der Waals surface area (Å²) in [5.74, 6) is -2.28. The number of aromatic nitrogens is 2. The Balaban J connectivity index is 1.89. The highest BCUT2D eigenvalue weighted by Crippen LogP contribution is 2.26. The second kappa shape index (κ2) is 10.4. The Morgan fingerprint density at radius 2 is 1.74 bits per heavy atom. The summed E-state index contributed by atoms with van der Waals surface area (Å²) in [5.41, 5.74) is 1.73. The minimum atomic E-state index is -4.96. The van der Waals surface area contributed by atoms with Gasteiger partial charge in [0.2, 0.25) is 5.78 Å². The zero-order chi connectivity index (χ0) is 24.9. The molecule has 7 nitrogen and oxygen atoms in total. The summed E-state index contributed by atoms with van der Waals surface area (Å²) in [6, 6.07) is 15.3. The first-order chi connectivity index (χ1) is 16.1. The van der Waals surface area contributed by atoms with Crippen LogP contribution >= 0.6 is 11.6 Å². The molecule has 2 N–H and O–H groups in total. The lowest BCUT2D eigenvalue weighted by Gasteiger charge is -2.11. The van der Waals surface area contributed by atoms with Gasteiger partial charge in [0.15, 0.2) is 5.69 Å². The van der Waals surface area contributed by atoms with Crippen molar-refractivity contribution in [3.8, 4) is 11.8 Å². The molecule has 176 valence electrons. The smallest absolute Gasteiger partial charge is 0.369 e. The van der Waals surface area contributed by atoms with E-state index in [0.29, 0.717) is 16.3 Å². The largest absolute Gasteiger partial charge is 0.471 e. The molecule has 1 amide bonds. The number of nitrogens with one attached hydrogen (secondary N) is 2. The molecule has 0 aliphatic heterocycles. The van der Waals surface area contributed by atoms with Gasteiger partial charge in [0.1, 0.15) is 17.5 Å². The number of nitriles is 1. The van der Waals surface area contributed by atoms with E-state index in [1.807, 2.05) is 13.0 Å². The second-order valence-electron chi connectivity index (χ2n) is 7.30. The zero-order valence-electron chi connectivity index (χ0n) is 17.9. The molecular weight excluding hydrogens is 471 g/mol. The van der Waals surface area contributed by atoms with E-state index in [9.17, 15) is 28.0 Å². The number of hydrogen-bond donors (Lipinski definition) is 2. The highest BCUT2D eigenvalue weighted by atomic mass is 35.5. The molecular formula is C23H19ClF3N5O2. The van der Waals surface area contributed by atoms with Crippen LogP contribution in [0.4, 0.5) is 19.0 Å². The van der Waals surface area contributed by atoms with Gasteiger partial charge in [-0.05, 0) is 37.6 Å². The summed E-state index contributed by atoms with van der Waals surface area (Å²) in [7, 11) is 0. The van der Waals surface area contributed by atoms with E-state index >= 15 is 0 Å². The lowest BCUT2D eigenvalue weighted by atomic mass is 10.0. The highest BCUT2D eigenvalue weighted by molar-refractivity contribution is 6.30. The van der Waals surface area contributed by atoms with Crippen molar-refractivity contribution in [2.75, 3.05) is 18.4 Å². The Kier molecular flexibility index (Phi) is 7.58. The molecule has 0 unspecified atom stereocenters. The van der Waals surface area contributed by atoms with Gasteiger partial charge in [-0.2, -0.15) is 23.5 Å². The van der Waals surface area contributed by atoms with Crippen molar-refractivity contribution in [3.63, 3.8) is 0 Å². The van der Waals surface area contributed by atoms with E-state index < -0.39 is 17.9 Å². The third-order valence-electron chi connectivity index (χ3n) is 4.79. The van der Waals surface area contributed by atoms with Gasteiger partial charge < -0.3 is 10.6 Å². The monoisotopic (exact) mass is 489 g/mol. The summed E-state index contributed by atoms with van der Waals surface area (Å²) in [6.45, 7) is 1.74. The lowest BCUT2D eigenvalue weighted by Crippen LogP contribution is -2.37. The van der Waals surface area contributed by atoms with Gasteiger partial charge in [-0.3, -0.25) is 9.59 Å². The van der Waals surface area contributed by atoms with Crippen LogP contribution in [0.1, 0.15) is 33.6 Å².